The molecule has 0 aliphatic rings. The summed E-state index contributed by atoms with van der Waals surface area (Å²) in [5.74, 6) is 2.32. The van der Waals surface area contributed by atoms with Crippen LogP contribution in [0.1, 0.15) is 39.1 Å². The van der Waals surface area contributed by atoms with Crippen molar-refractivity contribution in [2.45, 2.75) is 50.6 Å². The van der Waals surface area contributed by atoms with E-state index in [1.165, 1.54) is 17.3 Å². The van der Waals surface area contributed by atoms with Crippen molar-refractivity contribution in [3.05, 3.63) is 65.0 Å². The highest BCUT2D eigenvalue weighted by Gasteiger charge is 2.18. The van der Waals surface area contributed by atoms with Crippen LogP contribution in [0.5, 0.6) is 0 Å². The average molecular weight is 454 g/mol. The van der Waals surface area contributed by atoms with Gasteiger partial charge in [0.2, 0.25) is 11.8 Å². The van der Waals surface area contributed by atoms with Gasteiger partial charge >= 0.3 is 0 Å². The molecule has 0 fully saturated rings. The minimum absolute atomic E-state index is 0.104. The molecule has 0 unspecified atom stereocenters. The lowest BCUT2D eigenvalue weighted by molar-refractivity contribution is 0.527. The van der Waals surface area contributed by atoms with Crippen LogP contribution in [-0.4, -0.2) is 25.0 Å². The topological polar surface area (TPSA) is 69.6 Å². The Morgan fingerprint density at radius 2 is 1.71 bits per heavy atom. The second-order valence-electron chi connectivity index (χ2n) is 8.15. The van der Waals surface area contributed by atoms with Gasteiger partial charge in [-0.1, -0.05) is 68.4 Å². The molecule has 0 N–H and O–H groups in total. The zero-order valence-corrected chi connectivity index (χ0v) is 19.5. The summed E-state index contributed by atoms with van der Waals surface area (Å²) in [6.07, 6.45) is 0. The number of rotatable bonds is 6. The van der Waals surface area contributed by atoms with Crippen molar-refractivity contribution in [1.29, 1.82) is 0 Å². The van der Waals surface area contributed by atoms with E-state index in [9.17, 15) is 0 Å². The Hall–Kier alpha value is -2.64. The number of halogens is 1. The standard InChI is InChI=1S/C23H24ClN5OS/c1-5-29-20(17-8-6-7-9-18(17)24)26-28-22(29)31-14-19-25-27-21(30-19)15-10-12-16(13-11-15)23(2,3)4/h6-13H,5,14H2,1-4H3. The smallest absolute Gasteiger partial charge is 0.247 e. The molecule has 0 radical (unpaired) electrons. The van der Waals surface area contributed by atoms with Gasteiger partial charge in [0.05, 0.1) is 10.8 Å². The molecular weight excluding hydrogens is 430 g/mol. The Balaban J connectivity index is 1.49. The van der Waals surface area contributed by atoms with Crippen molar-refractivity contribution in [3.8, 4) is 22.8 Å². The third-order valence-electron chi connectivity index (χ3n) is 4.94. The van der Waals surface area contributed by atoms with Crippen molar-refractivity contribution in [3.63, 3.8) is 0 Å². The maximum Gasteiger partial charge on any atom is 0.247 e. The highest BCUT2D eigenvalue weighted by atomic mass is 35.5. The second kappa shape index (κ2) is 8.85. The van der Waals surface area contributed by atoms with Crippen molar-refractivity contribution in [2.24, 2.45) is 0 Å². The molecular formula is C23H24ClN5OS. The van der Waals surface area contributed by atoms with Crippen LogP contribution in [-0.2, 0) is 17.7 Å². The lowest BCUT2D eigenvalue weighted by Crippen LogP contribution is -2.10. The quantitative estimate of drug-likeness (QED) is 0.321. The van der Waals surface area contributed by atoms with Crippen LogP contribution in [0.3, 0.4) is 0 Å². The maximum absolute atomic E-state index is 6.34. The van der Waals surface area contributed by atoms with Crippen LogP contribution in [0.25, 0.3) is 22.8 Å². The summed E-state index contributed by atoms with van der Waals surface area (Å²) in [6, 6.07) is 15.9. The molecule has 2 heterocycles. The highest BCUT2D eigenvalue weighted by Crippen LogP contribution is 2.31. The van der Waals surface area contributed by atoms with Gasteiger partial charge in [-0.3, -0.25) is 0 Å². The Morgan fingerprint density at radius 1 is 0.968 bits per heavy atom. The normalized spacial score (nSPS) is 11.8. The van der Waals surface area contributed by atoms with Gasteiger partial charge in [0.1, 0.15) is 0 Å². The van der Waals surface area contributed by atoms with E-state index in [0.29, 0.717) is 22.6 Å². The first-order valence-electron chi connectivity index (χ1n) is 10.1. The monoisotopic (exact) mass is 453 g/mol. The van der Waals surface area contributed by atoms with Crippen LogP contribution in [0, 0.1) is 0 Å². The fraction of sp³-hybridized carbons (Fsp3) is 0.304. The van der Waals surface area contributed by atoms with Crippen LogP contribution in [0.2, 0.25) is 5.02 Å². The SMILES string of the molecule is CCn1c(SCc2nnc(-c3ccc(C(C)(C)C)cc3)o2)nnc1-c1ccccc1Cl. The Bertz CT molecular complexity index is 1180. The number of hydrogen-bond acceptors (Lipinski definition) is 6. The lowest BCUT2D eigenvalue weighted by atomic mass is 9.87. The minimum Gasteiger partial charge on any atom is -0.420 e. The van der Waals surface area contributed by atoms with Crippen LogP contribution >= 0.6 is 23.4 Å². The largest absolute Gasteiger partial charge is 0.420 e. The predicted octanol–water partition coefficient (Wildman–Crippen LogP) is 6.26. The number of thioether (sulfide) groups is 1. The summed E-state index contributed by atoms with van der Waals surface area (Å²) in [6.45, 7) is 9.35. The minimum atomic E-state index is 0.104. The van der Waals surface area contributed by atoms with E-state index >= 15 is 0 Å². The van der Waals surface area contributed by atoms with Crippen LogP contribution in [0.4, 0.5) is 0 Å². The molecule has 2 aromatic heterocycles. The Morgan fingerprint density at radius 3 is 2.39 bits per heavy atom. The fourth-order valence-corrected chi connectivity index (χ4v) is 4.25. The van der Waals surface area contributed by atoms with Gasteiger partial charge < -0.3 is 8.98 Å². The van der Waals surface area contributed by atoms with Crippen LogP contribution in [0.15, 0.2) is 58.1 Å². The van der Waals surface area contributed by atoms with E-state index < -0.39 is 0 Å². The van der Waals surface area contributed by atoms with Crippen molar-refractivity contribution in [1.82, 2.24) is 25.0 Å². The van der Waals surface area contributed by atoms with Crippen molar-refractivity contribution in [2.75, 3.05) is 0 Å². The molecule has 6 nitrogen and oxygen atoms in total. The van der Waals surface area contributed by atoms with E-state index in [-0.39, 0.29) is 5.41 Å². The molecule has 4 aromatic rings. The first kappa shape index (κ1) is 21.6. The molecule has 160 valence electrons. The molecule has 0 atom stereocenters. The van der Waals surface area contributed by atoms with Crippen LogP contribution < -0.4 is 0 Å². The predicted molar refractivity (Wildman–Crippen MR) is 124 cm³/mol. The van der Waals surface area contributed by atoms with E-state index in [1.54, 1.807) is 0 Å². The molecule has 8 heteroatoms. The molecule has 2 aromatic carbocycles. The molecule has 0 aliphatic heterocycles. The van der Waals surface area contributed by atoms with Gasteiger partial charge in [-0.2, -0.15) is 0 Å². The molecule has 4 rings (SSSR count). The second-order valence-corrected chi connectivity index (χ2v) is 9.50. The summed E-state index contributed by atoms with van der Waals surface area (Å²) in [7, 11) is 0. The maximum atomic E-state index is 6.34. The molecule has 31 heavy (non-hydrogen) atoms. The molecule has 0 spiro atoms. The van der Waals surface area contributed by atoms with Crippen molar-refractivity contribution >= 4 is 23.4 Å². The summed E-state index contributed by atoms with van der Waals surface area (Å²) in [4.78, 5) is 0. The highest BCUT2D eigenvalue weighted by molar-refractivity contribution is 7.98. The molecule has 0 amide bonds. The van der Waals surface area contributed by atoms with E-state index in [0.717, 1.165) is 28.7 Å². The zero-order chi connectivity index (χ0) is 22.0. The summed E-state index contributed by atoms with van der Waals surface area (Å²) in [5.41, 5.74) is 3.14. The molecule has 0 saturated heterocycles. The molecule has 0 aliphatic carbocycles. The van der Waals surface area contributed by atoms with E-state index in [1.807, 2.05) is 41.0 Å². The van der Waals surface area contributed by atoms with Gasteiger partial charge in [-0.15, -0.1) is 20.4 Å². The van der Waals surface area contributed by atoms with E-state index in [4.69, 9.17) is 16.0 Å². The number of benzene rings is 2. The summed E-state index contributed by atoms with van der Waals surface area (Å²) >= 11 is 7.85. The molecule has 0 saturated carbocycles. The van der Waals surface area contributed by atoms with E-state index in [2.05, 4.69) is 60.2 Å². The number of aromatic nitrogens is 5. The first-order valence-corrected chi connectivity index (χ1v) is 11.5. The third-order valence-corrected chi connectivity index (χ3v) is 6.22. The van der Waals surface area contributed by atoms with Gasteiger partial charge in [-0.05, 0) is 42.2 Å². The summed E-state index contributed by atoms with van der Waals surface area (Å²) < 4.78 is 7.92. The van der Waals surface area contributed by atoms with Gasteiger partial charge in [0, 0.05) is 17.7 Å². The first-order chi connectivity index (χ1) is 14.9. The number of nitrogens with zero attached hydrogens (tertiary/aromatic N) is 5. The Kier molecular flexibility index (Phi) is 6.16. The number of hydrogen-bond donors (Lipinski definition) is 0. The molecule has 0 bridgehead atoms. The summed E-state index contributed by atoms with van der Waals surface area (Å²) in [5, 5.41) is 18.5. The van der Waals surface area contributed by atoms with Crippen molar-refractivity contribution < 1.29 is 4.42 Å². The fourth-order valence-electron chi connectivity index (χ4n) is 3.19. The lowest BCUT2D eigenvalue weighted by Gasteiger charge is -2.18. The Labute approximate surface area is 191 Å². The zero-order valence-electron chi connectivity index (χ0n) is 18.0. The van der Waals surface area contributed by atoms with Gasteiger partial charge in [0.15, 0.2) is 11.0 Å². The average Bonchev–Trinajstić information content (AvgIpc) is 3.39. The third kappa shape index (κ3) is 4.67. The van der Waals surface area contributed by atoms with Gasteiger partial charge in [0.25, 0.3) is 0 Å². The van der Waals surface area contributed by atoms with Gasteiger partial charge in [-0.25, -0.2) is 0 Å².